The number of hydrogen-bond donors (Lipinski definition) is 1. The van der Waals surface area contributed by atoms with Crippen molar-refractivity contribution >= 4 is 33.4 Å². The molecule has 8 heteroatoms. The maximum Gasteiger partial charge on any atom is 0.253 e. The zero-order valence-electron chi connectivity index (χ0n) is 16.3. The first-order chi connectivity index (χ1) is 13.4. The van der Waals surface area contributed by atoms with Crippen LogP contribution in [0.5, 0.6) is 0 Å². The van der Waals surface area contributed by atoms with Crippen LogP contribution < -0.4 is 5.32 Å². The SMILES string of the molecule is CC.Cc1nn(C)c(-n2cc(-c3ccc(Cl)c(C(=O)NC4CC4)c3)cn2)c1Br. The number of hydrogen-bond acceptors (Lipinski definition) is 3. The third kappa shape index (κ3) is 4.15. The topological polar surface area (TPSA) is 64.7 Å². The molecule has 0 saturated heterocycles. The second kappa shape index (κ2) is 8.49. The average molecular weight is 465 g/mol. The number of carbonyl (C=O) groups excluding carboxylic acids is 1. The van der Waals surface area contributed by atoms with Gasteiger partial charge in [-0.25, -0.2) is 9.36 Å². The number of benzene rings is 1. The van der Waals surface area contributed by atoms with E-state index in [1.165, 1.54) is 0 Å². The Balaban J connectivity index is 0.00000109. The molecule has 1 aliphatic carbocycles. The fourth-order valence-electron chi connectivity index (χ4n) is 2.83. The van der Waals surface area contributed by atoms with Crippen LogP contribution in [0.2, 0.25) is 5.02 Å². The molecule has 1 amide bonds. The van der Waals surface area contributed by atoms with Gasteiger partial charge in [-0.1, -0.05) is 31.5 Å². The van der Waals surface area contributed by atoms with Gasteiger partial charge in [-0.2, -0.15) is 10.2 Å². The number of aromatic nitrogens is 4. The Kier molecular flexibility index (Phi) is 6.25. The van der Waals surface area contributed by atoms with Crippen molar-refractivity contribution in [1.29, 1.82) is 0 Å². The number of aryl methyl sites for hydroxylation is 2. The van der Waals surface area contributed by atoms with E-state index in [1.807, 2.05) is 46.1 Å². The van der Waals surface area contributed by atoms with Gasteiger partial charge in [-0.3, -0.25) is 4.79 Å². The molecule has 28 heavy (non-hydrogen) atoms. The number of nitrogens with zero attached hydrogens (tertiary/aromatic N) is 4. The smallest absolute Gasteiger partial charge is 0.253 e. The van der Waals surface area contributed by atoms with Crippen molar-refractivity contribution in [3.8, 4) is 16.9 Å². The summed E-state index contributed by atoms with van der Waals surface area (Å²) in [4.78, 5) is 12.4. The third-order valence-corrected chi connectivity index (χ3v) is 5.64. The Morgan fingerprint density at radius 3 is 2.61 bits per heavy atom. The maximum atomic E-state index is 12.4. The molecule has 0 bridgehead atoms. The minimum Gasteiger partial charge on any atom is -0.349 e. The molecule has 1 aromatic carbocycles. The highest BCUT2D eigenvalue weighted by Gasteiger charge is 2.25. The van der Waals surface area contributed by atoms with Gasteiger partial charge in [-0.05, 0) is 53.4 Å². The lowest BCUT2D eigenvalue weighted by Crippen LogP contribution is -2.25. The highest BCUT2D eigenvalue weighted by Crippen LogP contribution is 2.29. The minimum absolute atomic E-state index is 0.128. The van der Waals surface area contributed by atoms with Gasteiger partial charge in [0.05, 0.1) is 26.9 Å². The number of carbonyl (C=O) groups is 1. The lowest BCUT2D eigenvalue weighted by Gasteiger charge is -2.07. The summed E-state index contributed by atoms with van der Waals surface area (Å²) in [6, 6.07) is 5.74. The van der Waals surface area contributed by atoms with Gasteiger partial charge in [0, 0.05) is 24.8 Å². The van der Waals surface area contributed by atoms with Gasteiger partial charge in [-0.15, -0.1) is 0 Å². The van der Waals surface area contributed by atoms with E-state index in [0.29, 0.717) is 10.6 Å². The van der Waals surface area contributed by atoms with Gasteiger partial charge < -0.3 is 5.32 Å². The molecule has 148 valence electrons. The monoisotopic (exact) mass is 463 g/mol. The second-order valence-corrected chi connectivity index (χ2v) is 7.66. The zero-order chi connectivity index (χ0) is 20.4. The first-order valence-corrected chi connectivity index (χ1v) is 10.5. The molecule has 0 radical (unpaired) electrons. The van der Waals surface area contributed by atoms with Gasteiger partial charge in [0.15, 0.2) is 5.82 Å². The highest BCUT2D eigenvalue weighted by molar-refractivity contribution is 9.10. The van der Waals surface area contributed by atoms with Crippen LogP contribution in [0.15, 0.2) is 35.1 Å². The second-order valence-electron chi connectivity index (χ2n) is 6.46. The zero-order valence-corrected chi connectivity index (χ0v) is 18.7. The van der Waals surface area contributed by atoms with E-state index >= 15 is 0 Å². The molecular weight excluding hydrogens is 442 g/mol. The van der Waals surface area contributed by atoms with Crippen molar-refractivity contribution in [3.63, 3.8) is 0 Å². The van der Waals surface area contributed by atoms with Crippen LogP contribution in [0, 0.1) is 6.92 Å². The summed E-state index contributed by atoms with van der Waals surface area (Å²) < 4.78 is 4.43. The molecule has 1 N–H and O–H groups in total. The average Bonchev–Trinajstić information content (AvgIpc) is 3.29. The number of amides is 1. The molecule has 0 spiro atoms. The molecule has 6 nitrogen and oxygen atoms in total. The lowest BCUT2D eigenvalue weighted by molar-refractivity contribution is 0.0951. The largest absolute Gasteiger partial charge is 0.349 e. The van der Waals surface area contributed by atoms with Crippen LogP contribution in [0.4, 0.5) is 0 Å². The Morgan fingerprint density at radius 1 is 1.29 bits per heavy atom. The van der Waals surface area contributed by atoms with E-state index < -0.39 is 0 Å². The van der Waals surface area contributed by atoms with Crippen LogP contribution in [0.1, 0.15) is 42.7 Å². The van der Waals surface area contributed by atoms with Crippen LogP contribution in [-0.4, -0.2) is 31.5 Å². The number of rotatable bonds is 4. The summed E-state index contributed by atoms with van der Waals surface area (Å²) in [6.07, 6.45) is 5.75. The lowest BCUT2D eigenvalue weighted by atomic mass is 10.1. The van der Waals surface area contributed by atoms with Crippen LogP contribution in [-0.2, 0) is 7.05 Å². The molecule has 1 saturated carbocycles. The van der Waals surface area contributed by atoms with Crippen LogP contribution in [0.25, 0.3) is 16.9 Å². The molecule has 0 aliphatic heterocycles. The standard InChI is InChI=1S/C18H17BrClN5O.C2H6/c1-10-16(19)18(24(2)23-10)25-9-12(8-21-25)11-3-6-15(20)14(7-11)17(26)22-13-4-5-13;1-2/h3,6-9,13H,4-5H2,1-2H3,(H,22,26);1-2H3. The normalized spacial score (nSPS) is 13.1. The predicted octanol–water partition coefficient (Wildman–Crippen LogP) is 4.92. The van der Waals surface area contributed by atoms with Gasteiger partial charge in [0.2, 0.25) is 0 Å². The highest BCUT2D eigenvalue weighted by atomic mass is 79.9. The van der Waals surface area contributed by atoms with E-state index in [0.717, 1.165) is 40.0 Å². The third-order valence-electron chi connectivity index (χ3n) is 4.38. The van der Waals surface area contributed by atoms with Gasteiger partial charge in [0.25, 0.3) is 5.91 Å². The summed E-state index contributed by atoms with van der Waals surface area (Å²) in [5.74, 6) is 0.714. The molecule has 1 aliphatic rings. The predicted molar refractivity (Wildman–Crippen MR) is 115 cm³/mol. The summed E-state index contributed by atoms with van der Waals surface area (Å²) in [5.41, 5.74) is 3.16. The van der Waals surface area contributed by atoms with Crippen molar-refractivity contribution in [1.82, 2.24) is 24.9 Å². The summed E-state index contributed by atoms with van der Waals surface area (Å²) >= 11 is 9.79. The Labute approximate surface area is 178 Å². The van der Waals surface area contributed by atoms with Crippen LogP contribution >= 0.6 is 27.5 Å². The Morgan fingerprint density at radius 2 is 2.00 bits per heavy atom. The Hall–Kier alpha value is -2.12. The van der Waals surface area contributed by atoms with Crippen molar-refractivity contribution in [2.24, 2.45) is 7.05 Å². The molecule has 3 aromatic rings. The van der Waals surface area contributed by atoms with Crippen molar-refractivity contribution < 1.29 is 4.79 Å². The van der Waals surface area contributed by atoms with Crippen molar-refractivity contribution in [2.75, 3.05) is 0 Å². The van der Waals surface area contributed by atoms with E-state index in [2.05, 4.69) is 31.4 Å². The molecular formula is C20H23BrClN5O. The summed E-state index contributed by atoms with van der Waals surface area (Å²) in [7, 11) is 1.87. The van der Waals surface area contributed by atoms with Crippen molar-refractivity contribution in [2.45, 2.75) is 39.7 Å². The molecule has 1 fully saturated rings. The molecule has 0 unspecified atom stereocenters. The maximum absolute atomic E-state index is 12.4. The van der Waals surface area contributed by atoms with E-state index in [1.54, 1.807) is 21.6 Å². The Bertz CT molecular complexity index is 1010. The number of halogens is 2. The van der Waals surface area contributed by atoms with E-state index in [4.69, 9.17) is 11.6 Å². The van der Waals surface area contributed by atoms with E-state index in [9.17, 15) is 4.79 Å². The molecule has 0 atom stereocenters. The molecule has 2 heterocycles. The van der Waals surface area contributed by atoms with Gasteiger partial charge in [0.1, 0.15) is 0 Å². The number of nitrogens with one attached hydrogen (secondary N) is 1. The van der Waals surface area contributed by atoms with Crippen LogP contribution in [0.3, 0.4) is 0 Å². The molecule has 2 aromatic heterocycles. The van der Waals surface area contributed by atoms with Crippen molar-refractivity contribution in [3.05, 3.63) is 51.3 Å². The quantitative estimate of drug-likeness (QED) is 0.596. The molecule has 4 rings (SSSR count). The first kappa shape index (κ1) is 20.6. The fourth-order valence-corrected chi connectivity index (χ4v) is 3.55. The fraction of sp³-hybridized carbons (Fsp3) is 0.350. The van der Waals surface area contributed by atoms with E-state index in [-0.39, 0.29) is 11.9 Å². The van der Waals surface area contributed by atoms with Gasteiger partial charge >= 0.3 is 0 Å². The summed E-state index contributed by atoms with van der Waals surface area (Å²) in [6.45, 7) is 5.93. The minimum atomic E-state index is -0.128. The summed E-state index contributed by atoms with van der Waals surface area (Å²) in [5, 5.41) is 12.3. The first-order valence-electron chi connectivity index (χ1n) is 9.29.